The van der Waals surface area contributed by atoms with E-state index in [4.69, 9.17) is 4.98 Å². The average molecular weight is 529 g/mol. The van der Waals surface area contributed by atoms with E-state index in [-0.39, 0.29) is 16.0 Å². The quantitative estimate of drug-likeness (QED) is 0.426. The molecule has 0 spiro atoms. The molecule has 0 bridgehead atoms. The standard InChI is InChI=1S/C24H28N6O4S2/c1-17(31)25-10-11-26-20-16-21(28-23(27-20)18-6-4-3-5-7-18)29-12-14-30(15-13-29)24(32)19-8-9-22(35-19)36(2,33)34/h3-9,16H,10-15H2,1-2H3,(H,25,31)(H,26,27,28). The highest BCUT2D eigenvalue weighted by atomic mass is 32.2. The maximum Gasteiger partial charge on any atom is 0.264 e. The van der Waals surface area contributed by atoms with Gasteiger partial charge in [-0.3, -0.25) is 9.59 Å². The molecule has 4 rings (SSSR count). The van der Waals surface area contributed by atoms with Gasteiger partial charge in [0, 0.05) is 64.1 Å². The summed E-state index contributed by atoms with van der Waals surface area (Å²) in [6, 6.07) is 14.6. The number of anilines is 2. The van der Waals surface area contributed by atoms with Crippen LogP contribution < -0.4 is 15.5 Å². The highest BCUT2D eigenvalue weighted by Crippen LogP contribution is 2.26. The third kappa shape index (κ3) is 6.38. The van der Waals surface area contributed by atoms with E-state index >= 15 is 0 Å². The number of nitrogens with zero attached hydrogens (tertiary/aromatic N) is 4. The van der Waals surface area contributed by atoms with E-state index in [1.165, 1.54) is 13.0 Å². The van der Waals surface area contributed by atoms with Gasteiger partial charge in [0.25, 0.3) is 5.91 Å². The molecule has 0 aliphatic carbocycles. The van der Waals surface area contributed by atoms with Gasteiger partial charge in [-0.25, -0.2) is 18.4 Å². The lowest BCUT2D eigenvalue weighted by Crippen LogP contribution is -2.49. The molecule has 36 heavy (non-hydrogen) atoms. The van der Waals surface area contributed by atoms with Gasteiger partial charge in [0.1, 0.15) is 15.8 Å². The average Bonchev–Trinajstić information content (AvgIpc) is 3.38. The maximum absolute atomic E-state index is 12.9. The number of hydrogen-bond donors (Lipinski definition) is 2. The Hall–Kier alpha value is -3.51. The van der Waals surface area contributed by atoms with E-state index < -0.39 is 9.84 Å². The number of carbonyl (C=O) groups is 2. The number of aromatic nitrogens is 2. The Morgan fingerprint density at radius 1 is 1.00 bits per heavy atom. The summed E-state index contributed by atoms with van der Waals surface area (Å²) in [5, 5.41) is 6.00. The van der Waals surface area contributed by atoms with Crippen LogP contribution in [0.15, 0.2) is 52.7 Å². The lowest BCUT2D eigenvalue weighted by atomic mass is 10.2. The Bertz CT molecular complexity index is 1340. The van der Waals surface area contributed by atoms with E-state index in [0.29, 0.717) is 55.8 Å². The fourth-order valence-corrected chi connectivity index (χ4v) is 5.66. The van der Waals surface area contributed by atoms with Crippen molar-refractivity contribution in [2.45, 2.75) is 11.1 Å². The zero-order valence-electron chi connectivity index (χ0n) is 20.1. The molecule has 2 N–H and O–H groups in total. The molecule has 2 aromatic heterocycles. The van der Waals surface area contributed by atoms with Crippen LogP contribution in [0, 0.1) is 0 Å². The largest absolute Gasteiger partial charge is 0.368 e. The van der Waals surface area contributed by atoms with Gasteiger partial charge < -0.3 is 20.4 Å². The fourth-order valence-electron chi connectivity index (χ4n) is 3.76. The maximum atomic E-state index is 12.9. The highest BCUT2D eigenvalue weighted by Gasteiger charge is 2.25. The predicted molar refractivity (Wildman–Crippen MR) is 140 cm³/mol. The number of benzene rings is 1. The van der Waals surface area contributed by atoms with Gasteiger partial charge in [0.05, 0.1) is 4.88 Å². The minimum Gasteiger partial charge on any atom is -0.368 e. The third-order valence-electron chi connectivity index (χ3n) is 5.60. The molecule has 10 nitrogen and oxygen atoms in total. The Kier molecular flexibility index (Phi) is 7.85. The summed E-state index contributed by atoms with van der Waals surface area (Å²) in [6.45, 7) is 4.59. The summed E-state index contributed by atoms with van der Waals surface area (Å²) in [6.07, 6.45) is 1.14. The Labute approximate surface area is 214 Å². The van der Waals surface area contributed by atoms with Crippen LogP contribution in [-0.4, -0.2) is 80.6 Å². The second-order valence-corrected chi connectivity index (χ2v) is 11.7. The highest BCUT2D eigenvalue weighted by molar-refractivity contribution is 7.92. The molecule has 0 radical (unpaired) electrons. The number of carbonyl (C=O) groups excluding carboxylic acids is 2. The van der Waals surface area contributed by atoms with Gasteiger partial charge in [-0.2, -0.15) is 0 Å². The molecule has 2 amide bonds. The summed E-state index contributed by atoms with van der Waals surface area (Å²) < 4.78 is 23.7. The van der Waals surface area contributed by atoms with Gasteiger partial charge in [-0.15, -0.1) is 11.3 Å². The fraction of sp³-hybridized carbons (Fsp3) is 0.333. The molecule has 3 heterocycles. The first-order valence-corrected chi connectivity index (χ1v) is 14.2. The number of piperazine rings is 1. The molecular weight excluding hydrogens is 500 g/mol. The van der Waals surface area contributed by atoms with E-state index in [2.05, 4.69) is 20.5 Å². The first-order valence-electron chi connectivity index (χ1n) is 11.5. The molecule has 1 aromatic carbocycles. The van der Waals surface area contributed by atoms with E-state index in [1.54, 1.807) is 11.0 Å². The second kappa shape index (κ2) is 11.0. The van der Waals surface area contributed by atoms with Crippen molar-refractivity contribution in [2.75, 3.05) is 55.7 Å². The normalized spacial score (nSPS) is 13.9. The third-order valence-corrected chi connectivity index (χ3v) is 8.49. The first kappa shape index (κ1) is 25.6. The summed E-state index contributed by atoms with van der Waals surface area (Å²) in [7, 11) is -3.34. The smallest absolute Gasteiger partial charge is 0.264 e. The molecule has 0 atom stereocenters. The van der Waals surface area contributed by atoms with Crippen molar-refractivity contribution in [2.24, 2.45) is 0 Å². The van der Waals surface area contributed by atoms with Crippen LogP contribution in [0.1, 0.15) is 16.6 Å². The number of rotatable bonds is 8. The number of nitrogens with one attached hydrogen (secondary N) is 2. The van der Waals surface area contributed by atoms with Gasteiger partial charge >= 0.3 is 0 Å². The van der Waals surface area contributed by atoms with Crippen LogP contribution in [0.2, 0.25) is 0 Å². The number of thiophene rings is 1. The van der Waals surface area contributed by atoms with Crippen molar-refractivity contribution < 1.29 is 18.0 Å². The molecule has 1 fully saturated rings. The summed E-state index contributed by atoms with van der Waals surface area (Å²) in [5.41, 5.74) is 0.887. The van der Waals surface area contributed by atoms with Crippen LogP contribution in [0.5, 0.6) is 0 Å². The molecule has 1 aliphatic rings. The zero-order chi connectivity index (χ0) is 25.7. The summed E-state index contributed by atoms with van der Waals surface area (Å²) >= 11 is 1.00. The van der Waals surface area contributed by atoms with Crippen LogP contribution in [0.3, 0.4) is 0 Å². The monoisotopic (exact) mass is 528 g/mol. The Balaban J connectivity index is 1.47. The SMILES string of the molecule is CC(=O)NCCNc1cc(N2CCN(C(=O)c3ccc(S(C)(=O)=O)s3)CC2)nc(-c2ccccc2)n1. The molecule has 1 aliphatic heterocycles. The minimum atomic E-state index is -3.34. The van der Waals surface area contributed by atoms with Crippen molar-refractivity contribution >= 4 is 44.6 Å². The van der Waals surface area contributed by atoms with Crippen molar-refractivity contribution in [3.63, 3.8) is 0 Å². The van der Waals surface area contributed by atoms with Crippen molar-refractivity contribution in [3.05, 3.63) is 53.4 Å². The van der Waals surface area contributed by atoms with E-state index in [1.807, 2.05) is 36.4 Å². The topological polar surface area (TPSA) is 125 Å². The molecule has 12 heteroatoms. The lowest BCUT2D eigenvalue weighted by molar-refractivity contribution is -0.118. The molecular formula is C24H28N6O4S2. The molecule has 0 saturated carbocycles. The number of hydrogen-bond acceptors (Lipinski definition) is 9. The van der Waals surface area contributed by atoms with Gasteiger partial charge in [0.15, 0.2) is 15.7 Å². The number of sulfone groups is 1. The predicted octanol–water partition coefficient (Wildman–Crippen LogP) is 2.12. The molecule has 1 saturated heterocycles. The minimum absolute atomic E-state index is 0.0901. The Morgan fingerprint density at radius 2 is 1.72 bits per heavy atom. The first-order chi connectivity index (χ1) is 17.2. The van der Waals surface area contributed by atoms with Gasteiger partial charge in [-0.05, 0) is 12.1 Å². The van der Waals surface area contributed by atoms with Gasteiger partial charge in [-0.1, -0.05) is 30.3 Å². The number of amides is 2. The molecule has 190 valence electrons. The van der Waals surface area contributed by atoms with Crippen LogP contribution >= 0.6 is 11.3 Å². The molecule has 3 aromatic rings. The lowest BCUT2D eigenvalue weighted by Gasteiger charge is -2.35. The van der Waals surface area contributed by atoms with Crippen molar-refractivity contribution in [3.8, 4) is 11.4 Å². The van der Waals surface area contributed by atoms with Crippen LogP contribution in [0.25, 0.3) is 11.4 Å². The Morgan fingerprint density at radius 3 is 2.36 bits per heavy atom. The van der Waals surface area contributed by atoms with E-state index in [9.17, 15) is 18.0 Å². The van der Waals surface area contributed by atoms with Crippen molar-refractivity contribution in [1.82, 2.24) is 20.2 Å². The van der Waals surface area contributed by atoms with E-state index in [0.717, 1.165) is 29.0 Å². The van der Waals surface area contributed by atoms with Crippen LogP contribution in [0.4, 0.5) is 11.6 Å². The molecule has 0 unspecified atom stereocenters. The summed E-state index contributed by atoms with van der Waals surface area (Å²) in [4.78, 5) is 37.8. The van der Waals surface area contributed by atoms with Gasteiger partial charge in [0.2, 0.25) is 5.91 Å². The zero-order valence-corrected chi connectivity index (χ0v) is 21.7. The van der Waals surface area contributed by atoms with Crippen molar-refractivity contribution in [1.29, 1.82) is 0 Å². The second-order valence-electron chi connectivity index (χ2n) is 8.38. The summed E-state index contributed by atoms with van der Waals surface area (Å²) in [5.74, 6) is 1.72. The van der Waals surface area contributed by atoms with Crippen LogP contribution in [-0.2, 0) is 14.6 Å².